The topological polar surface area (TPSA) is 80.8 Å². The second kappa shape index (κ2) is 8.83. The number of ether oxygens (including phenoxy) is 2. The highest BCUT2D eigenvalue weighted by atomic mass is 32.2. The number of fused-ring (bicyclic) bond motifs is 1. The second-order valence-corrected chi connectivity index (χ2v) is 11.0. The first-order valence-corrected chi connectivity index (χ1v) is 12.9. The van der Waals surface area contributed by atoms with Gasteiger partial charge in [0.15, 0.2) is 11.5 Å². The van der Waals surface area contributed by atoms with Crippen molar-refractivity contribution in [2.45, 2.75) is 37.0 Å². The Balaban J connectivity index is 1.41. The summed E-state index contributed by atoms with van der Waals surface area (Å²) in [6, 6.07) is 12.4. The van der Waals surface area contributed by atoms with Crippen LogP contribution in [0.2, 0.25) is 0 Å². The fraction of sp³-hybridized carbons (Fsp3) is 0.400. The summed E-state index contributed by atoms with van der Waals surface area (Å²) in [7, 11) is 0.163. The van der Waals surface area contributed by atoms with Crippen molar-refractivity contribution in [2.24, 2.45) is 0 Å². The third-order valence-corrected chi connectivity index (χ3v) is 8.99. The van der Waals surface area contributed by atoms with Crippen LogP contribution < -0.4 is 14.8 Å². The highest BCUT2D eigenvalue weighted by molar-refractivity contribution is 7.90. The molecule has 8 heteroatoms. The molecule has 0 bridgehead atoms. The summed E-state index contributed by atoms with van der Waals surface area (Å²) in [4.78, 5) is 4.33. The number of benzene rings is 2. The van der Waals surface area contributed by atoms with Gasteiger partial charge in [0.05, 0.1) is 19.5 Å². The smallest absolute Gasteiger partial charge is 0.216 e. The molecule has 1 N–H and O–H groups in total. The average molecular weight is 468 g/mol. The van der Waals surface area contributed by atoms with Gasteiger partial charge in [-0.3, -0.25) is 4.98 Å². The summed E-state index contributed by atoms with van der Waals surface area (Å²) < 4.78 is 37.7. The molecule has 1 aliphatic heterocycles. The van der Waals surface area contributed by atoms with Crippen LogP contribution in [0.5, 0.6) is 11.5 Å². The van der Waals surface area contributed by atoms with Gasteiger partial charge in [-0.25, -0.2) is 12.7 Å². The van der Waals surface area contributed by atoms with Crippen LogP contribution >= 0.6 is 0 Å². The largest absolute Gasteiger partial charge is 0.493 e. The first-order valence-electron chi connectivity index (χ1n) is 11.4. The molecular formula is C25H29N3O4S. The number of anilines is 1. The van der Waals surface area contributed by atoms with E-state index in [4.69, 9.17) is 9.47 Å². The fourth-order valence-corrected chi connectivity index (χ4v) is 6.42. The van der Waals surface area contributed by atoms with Crippen LogP contribution in [-0.4, -0.2) is 56.3 Å². The Labute approximate surface area is 194 Å². The molecule has 1 saturated heterocycles. The van der Waals surface area contributed by atoms with Crippen LogP contribution in [0.1, 0.15) is 25.7 Å². The van der Waals surface area contributed by atoms with Gasteiger partial charge in [0.2, 0.25) is 10.0 Å². The molecule has 0 unspecified atom stereocenters. The number of rotatable bonds is 7. The van der Waals surface area contributed by atoms with Crippen molar-refractivity contribution in [3.63, 3.8) is 0 Å². The van der Waals surface area contributed by atoms with Crippen molar-refractivity contribution >= 4 is 26.5 Å². The number of aromatic nitrogens is 1. The van der Waals surface area contributed by atoms with Crippen molar-refractivity contribution < 1.29 is 17.9 Å². The lowest BCUT2D eigenvalue weighted by Crippen LogP contribution is -2.43. The van der Waals surface area contributed by atoms with E-state index in [9.17, 15) is 8.42 Å². The zero-order valence-corrected chi connectivity index (χ0v) is 19.8. The second-order valence-electron chi connectivity index (χ2n) is 8.75. The van der Waals surface area contributed by atoms with Gasteiger partial charge in [-0.15, -0.1) is 0 Å². The summed E-state index contributed by atoms with van der Waals surface area (Å²) >= 11 is 0. The van der Waals surface area contributed by atoms with E-state index in [-0.39, 0.29) is 11.3 Å². The van der Waals surface area contributed by atoms with Crippen molar-refractivity contribution in [3.05, 3.63) is 48.8 Å². The number of sulfonamides is 1. The molecule has 0 spiro atoms. The molecule has 33 heavy (non-hydrogen) atoms. The number of hydrogen-bond acceptors (Lipinski definition) is 6. The van der Waals surface area contributed by atoms with Crippen LogP contribution in [0.3, 0.4) is 0 Å². The van der Waals surface area contributed by atoms with Crippen molar-refractivity contribution in [3.8, 4) is 22.6 Å². The van der Waals surface area contributed by atoms with E-state index < -0.39 is 10.0 Å². The molecule has 2 aliphatic rings. The van der Waals surface area contributed by atoms with Crippen LogP contribution in [0.15, 0.2) is 48.8 Å². The molecule has 0 atom stereocenters. The standard InChI is InChI=1S/C25H29N3O4S/c1-31-24-6-3-17(15-25(24)32-2)19-13-18-7-10-26-16-22(18)23(14-19)27-20-8-11-28(12-9-20)33(29,30)21-4-5-21/h3,6-7,10,13-16,20-21,27H,4-5,8-9,11-12H2,1-2H3. The Bertz CT molecular complexity index is 1270. The maximum absolute atomic E-state index is 12.6. The predicted octanol–water partition coefficient (Wildman–Crippen LogP) is 4.29. The van der Waals surface area contributed by atoms with Gasteiger partial charge in [-0.05, 0) is 72.5 Å². The van der Waals surface area contributed by atoms with Gasteiger partial charge in [-0.2, -0.15) is 0 Å². The predicted molar refractivity (Wildman–Crippen MR) is 130 cm³/mol. The molecule has 0 radical (unpaired) electrons. The Morgan fingerprint density at radius 3 is 2.39 bits per heavy atom. The van der Waals surface area contributed by atoms with E-state index in [1.165, 1.54) is 0 Å². The Hall–Kier alpha value is -2.84. The minimum Gasteiger partial charge on any atom is -0.493 e. The Morgan fingerprint density at radius 1 is 0.939 bits per heavy atom. The molecule has 1 saturated carbocycles. The zero-order valence-electron chi connectivity index (χ0n) is 19.0. The molecule has 1 aromatic heterocycles. The lowest BCUT2D eigenvalue weighted by Gasteiger charge is -2.32. The molecule has 1 aliphatic carbocycles. The minimum absolute atomic E-state index is 0.143. The monoisotopic (exact) mass is 467 g/mol. The summed E-state index contributed by atoms with van der Waals surface area (Å²) in [6.45, 7) is 1.14. The highest BCUT2D eigenvalue weighted by Gasteiger charge is 2.41. The third-order valence-electron chi connectivity index (χ3n) is 6.59. The fourth-order valence-electron chi connectivity index (χ4n) is 4.55. The van der Waals surface area contributed by atoms with Gasteiger partial charge in [0.1, 0.15) is 0 Å². The maximum atomic E-state index is 12.6. The molecule has 3 aromatic rings. The normalized spacial score (nSPS) is 17.8. The first kappa shape index (κ1) is 22.0. The van der Waals surface area contributed by atoms with Crippen LogP contribution in [0.4, 0.5) is 5.69 Å². The zero-order chi connectivity index (χ0) is 23.0. The number of piperidine rings is 1. The van der Waals surface area contributed by atoms with E-state index in [0.717, 1.165) is 53.3 Å². The highest BCUT2D eigenvalue weighted by Crippen LogP contribution is 2.37. The average Bonchev–Trinajstić information content (AvgIpc) is 3.70. The minimum atomic E-state index is -3.10. The number of nitrogens with one attached hydrogen (secondary N) is 1. The maximum Gasteiger partial charge on any atom is 0.216 e. The van der Waals surface area contributed by atoms with Gasteiger partial charge in [0, 0.05) is 42.6 Å². The van der Waals surface area contributed by atoms with E-state index >= 15 is 0 Å². The summed E-state index contributed by atoms with van der Waals surface area (Å²) in [5.74, 6) is 1.38. The first-order chi connectivity index (χ1) is 16.0. The molecule has 2 fully saturated rings. The van der Waals surface area contributed by atoms with Crippen LogP contribution in [0.25, 0.3) is 21.9 Å². The lowest BCUT2D eigenvalue weighted by molar-refractivity contribution is 0.329. The summed E-state index contributed by atoms with van der Waals surface area (Å²) in [5, 5.41) is 5.68. The van der Waals surface area contributed by atoms with Crippen molar-refractivity contribution in [2.75, 3.05) is 32.6 Å². The summed E-state index contributed by atoms with van der Waals surface area (Å²) in [5.41, 5.74) is 3.10. The van der Waals surface area contributed by atoms with Crippen molar-refractivity contribution in [1.29, 1.82) is 0 Å². The Morgan fingerprint density at radius 2 is 1.70 bits per heavy atom. The number of methoxy groups -OCH3 is 2. The van der Waals surface area contributed by atoms with E-state index in [1.54, 1.807) is 24.7 Å². The number of hydrogen-bond donors (Lipinski definition) is 1. The lowest BCUT2D eigenvalue weighted by atomic mass is 9.99. The molecule has 174 valence electrons. The van der Waals surface area contributed by atoms with Gasteiger partial charge in [0.25, 0.3) is 0 Å². The molecular weight excluding hydrogens is 438 g/mol. The van der Waals surface area contributed by atoms with E-state index in [1.807, 2.05) is 30.5 Å². The van der Waals surface area contributed by atoms with E-state index in [2.05, 4.69) is 22.4 Å². The van der Waals surface area contributed by atoms with Gasteiger partial charge < -0.3 is 14.8 Å². The third kappa shape index (κ3) is 4.37. The molecule has 2 aromatic carbocycles. The molecule has 0 amide bonds. The quantitative estimate of drug-likeness (QED) is 0.558. The van der Waals surface area contributed by atoms with Crippen molar-refractivity contribution in [1.82, 2.24) is 9.29 Å². The van der Waals surface area contributed by atoms with E-state index in [0.29, 0.717) is 24.6 Å². The number of pyridine rings is 1. The number of nitrogens with zero attached hydrogens (tertiary/aromatic N) is 2. The summed E-state index contributed by atoms with van der Waals surface area (Å²) in [6.07, 6.45) is 6.86. The van der Waals surface area contributed by atoms with Gasteiger partial charge >= 0.3 is 0 Å². The SMILES string of the molecule is COc1ccc(-c2cc(NC3CCN(S(=O)(=O)C4CC4)CC3)c3cnccc3c2)cc1OC. The Kier molecular flexibility index (Phi) is 5.88. The van der Waals surface area contributed by atoms with Crippen LogP contribution in [0, 0.1) is 0 Å². The van der Waals surface area contributed by atoms with Gasteiger partial charge in [-0.1, -0.05) is 6.07 Å². The van der Waals surface area contributed by atoms with Crippen LogP contribution in [-0.2, 0) is 10.0 Å². The molecule has 2 heterocycles. The molecule has 7 nitrogen and oxygen atoms in total. The molecule has 5 rings (SSSR count).